The Kier molecular flexibility index (Phi) is 12.1. The van der Waals surface area contributed by atoms with E-state index in [4.69, 9.17) is 0 Å². The molecule has 1 rings (SSSR count). The number of halogens is 1. The van der Waals surface area contributed by atoms with Crippen LogP contribution in [0.25, 0.3) is 0 Å². The molecular weight excluding hydrogens is 427 g/mol. The zero-order valence-corrected chi connectivity index (χ0v) is 18.4. The normalized spacial score (nSPS) is 11.2. The fourth-order valence-electron chi connectivity index (χ4n) is 2.73. The Hall–Kier alpha value is 0.499. The van der Waals surface area contributed by atoms with E-state index in [1.54, 1.807) is 13.3 Å². The molecule has 0 saturated heterocycles. The van der Waals surface area contributed by atoms with Gasteiger partial charge in [-0.1, -0.05) is 0 Å². The first-order valence-corrected chi connectivity index (χ1v) is 15.9. The van der Waals surface area contributed by atoms with E-state index in [-0.39, 0.29) is 0 Å². The van der Waals surface area contributed by atoms with E-state index >= 15 is 0 Å². The van der Waals surface area contributed by atoms with Crippen molar-refractivity contribution in [2.75, 3.05) is 0 Å². The third-order valence-electron chi connectivity index (χ3n) is 4.19. The zero-order valence-electron chi connectivity index (χ0n) is 14.0. The second-order valence-electron chi connectivity index (χ2n) is 6.11. The fourth-order valence-corrected chi connectivity index (χ4v) is 12.3. The monoisotopic (exact) mass is 459 g/mol. The first-order chi connectivity index (χ1) is 10.3. The van der Waals surface area contributed by atoms with E-state index in [1.807, 2.05) is 0 Å². The molecule has 0 aliphatic rings. The molecule has 0 N–H and O–H groups in total. The summed E-state index contributed by atoms with van der Waals surface area (Å²) in [4.78, 5) is 0. The molecule has 0 heterocycles. The van der Waals surface area contributed by atoms with Crippen molar-refractivity contribution < 1.29 is 0 Å². The summed E-state index contributed by atoms with van der Waals surface area (Å²) in [5, 5.41) is 0.970. The topological polar surface area (TPSA) is 0 Å². The van der Waals surface area contributed by atoms with Crippen molar-refractivity contribution in [3.8, 4) is 0 Å². The molecule has 0 saturated carbocycles. The van der Waals surface area contributed by atoms with Gasteiger partial charge in [0.2, 0.25) is 0 Å². The Labute approximate surface area is 148 Å². The summed E-state index contributed by atoms with van der Waals surface area (Å²) in [7, 11) is 0. The van der Waals surface area contributed by atoms with Crippen molar-refractivity contribution in [1.82, 2.24) is 0 Å². The minimum atomic E-state index is -0.997. The number of alkyl halides is 1. The fraction of sp³-hybridized carbons (Fsp3) is 0.684. The molecule has 1 aromatic carbocycles. The van der Waals surface area contributed by atoms with E-state index < -0.39 is 19.8 Å². The van der Waals surface area contributed by atoms with Gasteiger partial charge in [0.15, 0.2) is 0 Å². The summed E-state index contributed by atoms with van der Waals surface area (Å²) in [6, 6.07) is 9.14. The molecule has 0 fully saturated rings. The zero-order chi connectivity index (χ0) is 15.3. The molecular formula is C19H32BrSn. The van der Waals surface area contributed by atoms with Gasteiger partial charge in [-0.25, -0.2) is 0 Å². The Morgan fingerprint density at radius 3 is 1.81 bits per heavy atom. The van der Waals surface area contributed by atoms with E-state index in [2.05, 4.69) is 54.0 Å². The van der Waals surface area contributed by atoms with Crippen LogP contribution in [0.1, 0.15) is 63.5 Å². The molecule has 0 bridgehead atoms. The first-order valence-electron chi connectivity index (χ1n) is 8.77. The number of unbranched alkanes of at least 4 members (excludes halogenated alkanes) is 3. The van der Waals surface area contributed by atoms with Crippen molar-refractivity contribution in [2.45, 2.75) is 77.4 Å². The van der Waals surface area contributed by atoms with Crippen molar-refractivity contribution >= 4 is 35.7 Å². The van der Waals surface area contributed by atoms with Gasteiger partial charge in [0.05, 0.1) is 0 Å². The average Bonchev–Trinajstić information content (AvgIpc) is 2.53. The van der Waals surface area contributed by atoms with Gasteiger partial charge >= 0.3 is 149 Å². The van der Waals surface area contributed by atoms with Gasteiger partial charge in [-0.05, 0) is 0 Å². The third kappa shape index (κ3) is 9.28. The molecule has 119 valence electrons. The van der Waals surface area contributed by atoms with Crippen molar-refractivity contribution in [2.24, 2.45) is 0 Å². The van der Waals surface area contributed by atoms with Crippen LogP contribution in [0.4, 0.5) is 0 Å². The van der Waals surface area contributed by atoms with Crippen molar-refractivity contribution in [3.05, 3.63) is 35.4 Å². The molecule has 0 aliphatic carbocycles. The number of benzene rings is 1. The molecule has 0 aliphatic heterocycles. The average molecular weight is 459 g/mol. The van der Waals surface area contributed by atoms with E-state index in [1.165, 1.54) is 56.1 Å². The van der Waals surface area contributed by atoms with Crippen LogP contribution in [0.2, 0.25) is 13.3 Å². The van der Waals surface area contributed by atoms with Gasteiger partial charge in [-0.15, -0.1) is 0 Å². The quantitative estimate of drug-likeness (QED) is 0.180. The molecule has 0 nitrogen and oxygen atoms in total. The summed E-state index contributed by atoms with van der Waals surface area (Å²) in [5.74, 6) is 0. The minimum absolute atomic E-state index is 0.970. The SMILES string of the molecule is CCC[CH2][Sn]([CH2]CCC)[CH2]CCCc1ccc(CBr)cc1. The maximum absolute atomic E-state index is 3.51. The van der Waals surface area contributed by atoms with E-state index in [0.717, 1.165) is 5.33 Å². The van der Waals surface area contributed by atoms with Crippen LogP contribution in [0, 0.1) is 0 Å². The molecule has 1 radical (unpaired) electrons. The van der Waals surface area contributed by atoms with Gasteiger partial charge in [0.25, 0.3) is 0 Å². The molecule has 0 spiro atoms. The van der Waals surface area contributed by atoms with Crippen LogP contribution in [-0.4, -0.2) is 19.8 Å². The number of hydrogen-bond acceptors (Lipinski definition) is 0. The van der Waals surface area contributed by atoms with Crippen LogP contribution in [0.3, 0.4) is 0 Å². The van der Waals surface area contributed by atoms with Gasteiger partial charge < -0.3 is 0 Å². The van der Waals surface area contributed by atoms with Gasteiger partial charge in [0.1, 0.15) is 0 Å². The summed E-state index contributed by atoms with van der Waals surface area (Å²) >= 11 is 2.51. The van der Waals surface area contributed by atoms with Gasteiger partial charge in [0, 0.05) is 0 Å². The number of rotatable bonds is 12. The first kappa shape index (κ1) is 19.5. The summed E-state index contributed by atoms with van der Waals surface area (Å²) < 4.78 is 4.94. The number of aryl methyl sites for hydroxylation is 1. The van der Waals surface area contributed by atoms with Crippen LogP contribution in [-0.2, 0) is 11.8 Å². The van der Waals surface area contributed by atoms with Crippen LogP contribution < -0.4 is 0 Å². The van der Waals surface area contributed by atoms with Crippen LogP contribution >= 0.6 is 15.9 Å². The van der Waals surface area contributed by atoms with Gasteiger partial charge in [-0.2, -0.15) is 0 Å². The molecule has 0 atom stereocenters. The van der Waals surface area contributed by atoms with Crippen LogP contribution in [0.15, 0.2) is 24.3 Å². The standard InChI is InChI=1S/C11H14Br.2C4H9.Sn/c1-2-3-4-10-5-7-11(9-12)8-6-10;2*1-3-4-2;/h5-8H,1-4,9H2;2*1,3-4H2,2H3;. The molecule has 0 aromatic heterocycles. The predicted molar refractivity (Wildman–Crippen MR) is 102 cm³/mol. The van der Waals surface area contributed by atoms with Gasteiger partial charge in [-0.3, -0.25) is 0 Å². The van der Waals surface area contributed by atoms with Crippen LogP contribution in [0.5, 0.6) is 0 Å². The number of hydrogen-bond donors (Lipinski definition) is 0. The molecule has 0 unspecified atom stereocenters. The van der Waals surface area contributed by atoms with Crippen molar-refractivity contribution in [3.63, 3.8) is 0 Å². The summed E-state index contributed by atoms with van der Waals surface area (Å²) in [5.41, 5.74) is 2.90. The Balaban J connectivity index is 2.22. The maximum atomic E-state index is 3.51. The van der Waals surface area contributed by atoms with E-state index in [0.29, 0.717) is 0 Å². The molecule has 0 amide bonds. The molecule has 2 heteroatoms. The third-order valence-corrected chi connectivity index (χ3v) is 13.9. The Morgan fingerprint density at radius 1 is 0.762 bits per heavy atom. The second kappa shape index (κ2) is 13.0. The van der Waals surface area contributed by atoms with Crippen molar-refractivity contribution in [1.29, 1.82) is 0 Å². The Morgan fingerprint density at radius 2 is 1.29 bits per heavy atom. The summed E-state index contributed by atoms with van der Waals surface area (Å²) in [6.07, 6.45) is 9.98. The predicted octanol–water partition coefficient (Wildman–Crippen LogP) is 7.00. The molecule has 21 heavy (non-hydrogen) atoms. The second-order valence-corrected chi connectivity index (χ2v) is 15.2. The van der Waals surface area contributed by atoms with E-state index in [9.17, 15) is 0 Å². The molecule has 1 aromatic rings. The Bertz CT molecular complexity index is 339. The summed E-state index contributed by atoms with van der Waals surface area (Å²) in [6.45, 7) is 4.69.